The number of hydrogen-bond donors (Lipinski definition) is 1. The van der Waals surface area contributed by atoms with E-state index in [0.717, 1.165) is 25.9 Å². The minimum Gasteiger partial charge on any atom is -0.345 e. The molecule has 0 aromatic heterocycles. The molecule has 0 saturated carbocycles. The van der Waals surface area contributed by atoms with E-state index in [1.807, 2.05) is 7.05 Å². The molecule has 1 aromatic rings. The van der Waals surface area contributed by atoms with Gasteiger partial charge in [-0.15, -0.1) is 0 Å². The number of nitrogens with zero attached hydrogens (tertiary/aromatic N) is 1. The maximum atomic E-state index is 11.8. The second-order valence-corrected chi connectivity index (χ2v) is 4.76. The molecule has 0 heterocycles. The number of carbonyl (C=O) groups excluding carboxylic acids is 1. The molecule has 0 aliphatic heterocycles. The van der Waals surface area contributed by atoms with Crippen molar-refractivity contribution in [2.45, 2.75) is 33.2 Å². The number of likely N-dealkylation sites (N-methyl/N-ethyl adjacent to an activating group) is 1. The van der Waals surface area contributed by atoms with Gasteiger partial charge in [0.15, 0.2) is 0 Å². The van der Waals surface area contributed by atoms with E-state index in [9.17, 15) is 4.79 Å². The fraction of sp³-hybridized carbons (Fsp3) is 0.533. The third-order valence-corrected chi connectivity index (χ3v) is 3.00. The van der Waals surface area contributed by atoms with E-state index in [4.69, 9.17) is 0 Å². The highest BCUT2D eigenvalue weighted by Crippen LogP contribution is 2.02. The molecule has 0 aliphatic rings. The summed E-state index contributed by atoms with van der Waals surface area (Å²) < 4.78 is 0. The van der Waals surface area contributed by atoms with Crippen molar-refractivity contribution in [2.75, 3.05) is 20.1 Å². The molecular weight excluding hydrogens is 224 g/mol. The van der Waals surface area contributed by atoms with E-state index >= 15 is 0 Å². The van der Waals surface area contributed by atoms with Gasteiger partial charge >= 0.3 is 0 Å². The monoisotopic (exact) mass is 248 g/mol. The highest BCUT2D eigenvalue weighted by atomic mass is 16.2. The lowest BCUT2D eigenvalue weighted by molar-refractivity contribution is -0.129. The van der Waals surface area contributed by atoms with Gasteiger partial charge in [-0.3, -0.25) is 4.79 Å². The van der Waals surface area contributed by atoms with Crippen molar-refractivity contribution >= 4 is 5.91 Å². The molecule has 100 valence electrons. The predicted molar refractivity (Wildman–Crippen MR) is 75.4 cm³/mol. The first-order chi connectivity index (χ1) is 8.63. The fourth-order valence-corrected chi connectivity index (χ4v) is 1.67. The van der Waals surface area contributed by atoms with Crippen LogP contribution in [-0.4, -0.2) is 30.9 Å². The van der Waals surface area contributed by atoms with Crippen molar-refractivity contribution in [1.29, 1.82) is 0 Å². The summed E-state index contributed by atoms with van der Waals surface area (Å²) in [5, 5.41) is 3.19. The number of carbonyl (C=O) groups is 1. The van der Waals surface area contributed by atoms with E-state index in [-0.39, 0.29) is 5.91 Å². The number of nitrogens with one attached hydrogen (secondary N) is 1. The number of amides is 1. The molecule has 0 radical (unpaired) electrons. The van der Waals surface area contributed by atoms with Crippen LogP contribution in [0.5, 0.6) is 0 Å². The summed E-state index contributed by atoms with van der Waals surface area (Å²) in [5.74, 6) is 0.163. The highest BCUT2D eigenvalue weighted by molar-refractivity contribution is 5.77. The number of hydrogen-bond acceptors (Lipinski definition) is 2. The van der Waals surface area contributed by atoms with Crippen molar-refractivity contribution in [3.63, 3.8) is 0 Å². The molecule has 18 heavy (non-hydrogen) atoms. The molecule has 0 fully saturated rings. The van der Waals surface area contributed by atoms with Crippen LogP contribution >= 0.6 is 0 Å². The first-order valence-corrected chi connectivity index (χ1v) is 6.63. The second kappa shape index (κ2) is 7.88. The molecule has 0 atom stereocenters. The van der Waals surface area contributed by atoms with Crippen molar-refractivity contribution in [3.05, 3.63) is 35.4 Å². The zero-order valence-corrected chi connectivity index (χ0v) is 11.7. The highest BCUT2D eigenvalue weighted by Gasteiger charge is 2.06. The van der Waals surface area contributed by atoms with Crippen molar-refractivity contribution < 1.29 is 4.79 Å². The van der Waals surface area contributed by atoms with Crippen LogP contribution in [0.15, 0.2) is 24.3 Å². The Hall–Kier alpha value is -1.35. The van der Waals surface area contributed by atoms with Gasteiger partial charge in [0, 0.05) is 20.1 Å². The molecule has 0 bridgehead atoms. The third kappa shape index (κ3) is 5.32. The van der Waals surface area contributed by atoms with Gasteiger partial charge < -0.3 is 10.2 Å². The molecule has 1 N–H and O–H groups in total. The van der Waals surface area contributed by atoms with E-state index < -0.39 is 0 Å². The average Bonchev–Trinajstić information content (AvgIpc) is 2.38. The zero-order valence-electron chi connectivity index (χ0n) is 11.7. The van der Waals surface area contributed by atoms with Crippen LogP contribution < -0.4 is 5.32 Å². The smallest absolute Gasteiger partial charge is 0.236 e. The summed E-state index contributed by atoms with van der Waals surface area (Å²) in [6, 6.07) is 8.36. The van der Waals surface area contributed by atoms with Crippen LogP contribution in [0, 0.1) is 6.92 Å². The summed E-state index contributed by atoms with van der Waals surface area (Å²) in [6.45, 7) is 6.21. The summed E-state index contributed by atoms with van der Waals surface area (Å²) in [6.07, 6.45) is 2.19. The van der Waals surface area contributed by atoms with Crippen LogP contribution in [0.3, 0.4) is 0 Å². The molecule has 0 unspecified atom stereocenters. The average molecular weight is 248 g/mol. The zero-order chi connectivity index (χ0) is 13.4. The van der Waals surface area contributed by atoms with Crippen LogP contribution in [0.2, 0.25) is 0 Å². The van der Waals surface area contributed by atoms with Crippen molar-refractivity contribution in [3.8, 4) is 0 Å². The molecule has 1 rings (SSSR count). The van der Waals surface area contributed by atoms with Gasteiger partial charge in [-0.1, -0.05) is 43.2 Å². The predicted octanol–water partition coefficient (Wildman–Crippen LogP) is 2.34. The first-order valence-electron chi connectivity index (χ1n) is 6.63. The van der Waals surface area contributed by atoms with Gasteiger partial charge in [0.1, 0.15) is 0 Å². The summed E-state index contributed by atoms with van der Waals surface area (Å²) in [4.78, 5) is 13.6. The number of aryl methyl sites for hydroxylation is 1. The molecule has 0 spiro atoms. The fourth-order valence-electron chi connectivity index (χ4n) is 1.67. The number of benzene rings is 1. The minimum atomic E-state index is 0.163. The van der Waals surface area contributed by atoms with Gasteiger partial charge in [0.05, 0.1) is 6.54 Å². The normalized spacial score (nSPS) is 10.4. The summed E-state index contributed by atoms with van der Waals surface area (Å²) in [5.41, 5.74) is 2.47. The molecule has 1 amide bonds. The topological polar surface area (TPSA) is 32.3 Å². The van der Waals surface area contributed by atoms with E-state index in [2.05, 4.69) is 43.4 Å². The van der Waals surface area contributed by atoms with Gasteiger partial charge in [0.25, 0.3) is 0 Å². The van der Waals surface area contributed by atoms with E-state index in [1.54, 1.807) is 4.90 Å². The molecule has 0 saturated heterocycles. The van der Waals surface area contributed by atoms with Gasteiger partial charge in [-0.2, -0.15) is 0 Å². The lowest BCUT2D eigenvalue weighted by Gasteiger charge is -2.17. The largest absolute Gasteiger partial charge is 0.345 e. The Morgan fingerprint density at radius 1 is 1.28 bits per heavy atom. The summed E-state index contributed by atoms with van der Waals surface area (Å²) in [7, 11) is 1.87. The van der Waals surface area contributed by atoms with Crippen LogP contribution in [-0.2, 0) is 11.3 Å². The Morgan fingerprint density at radius 3 is 2.56 bits per heavy atom. The Balaban J connectivity index is 2.24. The van der Waals surface area contributed by atoms with E-state index in [1.165, 1.54) is 11.1 Å². The van der Waals surface area contributed by atoms with Gasteiger partial charge in [-0.25, -0.2) is 0 Å². The Morgan fingerprint density at radius 2 is 1.94 bits per heavy atom. The molecule has 3 nitrogen and oxygen atoms in total. The SMILES string of the molecule is CCCCN(C)C(=O)CNCc1ccc(C)cc1. The van der Waals surface area contributed by atoms with Gasteiger partial charge in [0.2, 0.25) is 5.91 Å². The first kappa shape index (κ1) is 14.7. The lowest BCUT2D eigenvalue weighted by atomic mass is 10.1. The third-order valence-electron chi connectivity index (χ3n) is 3.00. The maximum Gasteiger partial charge on any atom is 0.236 e. The molecule has 0 aliphatic carbocycles. The standard InChI is InChI=1S/C15H24N2O/c1-4-5-10-17(3)15(18)12-16-11-14-8-6-13(2)7-9-14/h6-9,16H,4-5,10-12H2,1-3H3. The van der Waals surface area contributed by atoms with Gasteiger partial charge in [-0.05, 0) is 18.9 Å². The Labute approximate surface area is 110 Å². The lowest BCUT2D eigenvalue weighted by Crippen LogP contribution is -2.35. The maximum absolute atomic E-state index is 11.8. The molecule has 1 aromatic carbocycles. The van der Waals surface area contributed by atoms with Crippen LogP contribution in [0.4, 0.5) is 0 Å². The Kier molecular flexibility index (Phi) is 6.44. The molecule has 3 heteroatoms. The van der Waals surface area contributed by atoms with Crippen molar-refractivity contribution in [1.82, 2.24) is 10.2 Å². The number of unbranched alkanes of at least 4 members (excludes halogenated alkanes) is 1. The summed E-state index contributed by atoms with van der Waals surface area (Å²) >= 11 is 0. The second-order valence-electron chi connectivity index (χ2n) is 4.76. The minimum absolute atomic E-state index is 0.163. The quantitative estimate of drug-likeness (QED) is 0.803. The van der Waals surface area contributed by atoms with E-state index in [0.29, 0.717) is 6.54 Å². The van der Waals surface area contributed by atoms with Crippen LogP contribution in [0.25, 0.3) is 0 Å². The van der Waals surface area contributed by atoms with Crippen LogP contribution in [0.1, 0.15) is 30.9 Å². The Bertz CT molecular complexity index is 359. The number of rotatable bonds is 7. The molecular formula is C15H24N2O. The van der Waals surface area contributed by atoms with Crippen molar-refractivity contribution in [2.24, 2.45) is 0 Å².